The molecule has 0 saturated heterocycles. The number of carbonyl (C=O) groups excluding carboxylic acids is 3. The molecule has 620 valence electrons. The molecule has 107 heavy (non-hydrogen) atoms. The highest BCUT2D eigenvalue weighted by molar-refractivity contribution is 8.02. The summed E-state index contributed by atoms with van der Waals surface area (Å²) in [6, 6.07) is 0. The minimum atomic E-state index is -1.26. The quantitative estimate of drug-likeness (QED) is 0.0154. The van der Waals surface area contributed by atoms with Crippen molar-refractivity contribution >= 4 is 130 Å². The van der Waals surface area contributed by atoms with E-state index in [1.165, 1.54) is 36.4 Å². The molecule has 30 heteroatoms. The number of aliphatic hydroxyl groups excluding tert-OH is 1. The van der Waals surface area contributed by atoms with Crippen molar-refractivity contribution in [1.29, 1.82) is 0 Å². The Morgan fingerprint density at radius 3 is 0.738 bits per heavy atom. The van der Waals surface area contributed by atoms with E-state index in [0.717, 1.165) is 170 Å². The van der Waals surface area contributed by atoms with Crippen molar-refractivity contribution in [3.8, 4) is 0 Å². The Morgan fingerprint density at radius 1 is 0.262 bits per heavy atom. The number of unbranched alkanes of at least 4 members (excludes halogenated alkanes) is 24. The lowest BCUT2D eigenvalue weighted by Crippen LogP contribution is -2.30. The Balaban J connectivity index is 6.02. The molecule has 0 amide bonds. The van der Waals surface area contributed by atoms with Crippen molar-refractivity contribution in [3.05, 3.63) is 0 Å². The number of hydrogen-bond acceptors (Lipinski definition) is 21. The van der Waals surface area contributed by atoms with Crippen LogP contribution < -0.4 is 0 Å². The third kappa shape index (κ3) is 60.7. The monoisotopic (exact) mass is 1620 g/mol. The van der Waals surface area contributed by atoms with Gasteiger partial charge in [0.05, 0.1) is 38.7 Å². The van der Waals surface area contributed by atoms with Gasteiger partial charge in [0.2, 0.25) is 0 Å². The van der Waals surface area contributed by atoms with Crippen LogP contribution in [0.2, 0.25) is 0 Å². The summed E-state index contributed by atoms with van der Waals surface area (Å²) in [5.41, 5.74) is 0. The fraction of sp³-hybridized carbons (Fsp3) is 0.844. The lowest BCUT2D eigenvalue weighted by Gasteiger charge is -2.25. The van der Waals surface area contributed by atoms with Crippen LogP contribution in [-0.4, -0.2) is 201 Å². The van der Waals surface area contributed by atoms with Crippen molar-refractivity contribution < 1.29 is 123 Å². The number of esters is 3. The van der Waals surface area contributed by atoms with Gasteiger partial charge in [0, 0.05) is 50.8 Å². The van der Waals surface area contributed by atoms with Gasteiger partial charge in [0.1, 0.15) is 34.2 Å². The molecule has 0 aromatic carbocycles. The zero-order chi connectivity index (χ0) is 80.0. The van der Waals surface area contributed by atoms with Gasteiger partial charge < -0.3 is 65.3 Å². The SMILES string of the molecule is CCCCCCCCCC(CCCCCCCC(=O)OCC(COC(=O)CCCCCCCC(CCC(CCCCCC)SC(CO)CC(=O)O)SC(CC(=O)O)C(=O)O)OC(=O)CCCCCCCC(CCC(CCCCCC)SC(CC(=O)O)C(=O)O)SC(CC(=O)O)C(=O)O)SC(CC(=O)O)C(=O)O. The molecule has 0 rings (SSSR count). The molecule has 0 fully saturated rings. The molecule has 11 atom stereocenters. The first-order valence-electron chi connectivity index (χ1n) is 39.5. The number of hydrogen-bond donors (Lipinski definition) is 10. The van der Waals surface area contributed by atoms with Crippen LogP contribution in [0.15, 0.2) is 0 Å². The fourth-order valence-corrected chi connectivity index (χ4v) is 19.5. The summed E-state index contributed by atoms with van der Waals surface area (Å²) in [7, 11) is 0. The van der Waals surface area contributed by atoms with Gasteiger partial charge in [0.15, 0.2) is 6.10 Å². The highest BCUT2D eigenvalue weighted by atomic mass is 32.2. The van der Waals surface area contributed by atoms with Crippen molar-refractivity contribution in [1.82, 2.24) is 0 Å². The van der Waals surface area contributed by atoms with E-state index in [1.54, 1.807) is 0 Å². The Hall–Kier alpha value is -4.65. The van der Waals surface area contributed by atoms with Gasteiger partial charge in [-0.3, -0.25) is 57.5 Å². The first kappa shape index (κ1) is 102. The van der Waals surface area contributed by atoms with Crippen molar-refractivity contribution in [2.24, 2.45) is 0 Å². The van der Waals surface area contributed by atoms with E-state index in [9.17, 15) is 109 Å². The van der Waals surface area contributed by atoms with E-state index in [-0.39, 0.29) is 71.8 Å². The molecule has 10 N–H and O–H groups in total. The van der Waals surface area contributed by atoms with E-state index in [0.29, 0.717) is 109 Å². The topological polar surface area (TPSA) is 435 Å². The van der Waals surface area contributed by atoms with E-state index in [1.807, 2.05) is 0 Å². The zero-order valence-electron chi connectivity index (χ0n) is 64.1. The maximum absolute atomic E-state index is 13.4. The van der Waals surface area contributed by atoms with Crippen LogP contribution in [0.5, 0.6) is 0 Å². The third-order valence-electron chi connectivity index (χ3n) is 18.3. The summed E-state index contributed by atoms with van der Waals surface area (Å²) in [4.78, 5) is 146. The normalized spacial score (nSPS) is 14.6. The van der Waals surface area contributed by atoms with Crippen LogP contribution in [0.3, 0.4) is 0 Å². The van der Waals surface area contributed by atoms with Gasteiger partial charge in [-0.05, 0) is 83.5 Å². The second-order valence-corrected chi connectivity index (χ2v) is 35.7. The second kappa shape index (κ2) is 67.1. The minimum absolute atomic E-state index is 0.00395. The molecule has 25 nitrogen and oxygen atoms in total. The molecule has 0 aromatic heterocycles. The average Bonchev–Trinajstić information content (AvgIpc) is 0.912. The van der Waals surface area contributed by atoms with Crippen LogP contribution in [0.25, 0.3) is 0 Å². The molecular weight excluding hydrogens is 1490 g/mol. The number of carboxylic acid groups (broad SMARTS) is 9. The molecule has 11 unspecified atom stereocenters. The molecule has 0 aromatic rings. The van der Waals surface area contributed by atoms with Crippen LogP contribution in [0.4, 0.5) is 0 Å². The molecule has 0 heterocycles. The number of aliphatic carboxylic acids is 9. The lowest BCUT2D eigenvalue weighted by molar-refractivity contribution is -0.167. The van der Waals surface area contributed by atoms with Gasteiger partial charge >= 0.3 is 71.6 Å². The summed E-state index contributed by atoms with van der Waals surface area (Å²) in [6.07, 6.45) is 28.2. The number of rotatable bonds is 78. The molecule has 0 saturated carbocycles. The summed E-state index contributed by atoms with van der Waals surface area (Å²) in [6.45, 7) is 5.27. The Labute approximate surface area is 656 Å². The lowest BCUT2D eigenvalue weighted by atomic mass is 10.0. The first-order valence-corrected chi connectivity index (χ1v) is 44.2. The summed E-state index contributed by atoms with van der Waals surface area (Å²) >= 11 is 5.97. The largest absolute Gasteiger partial charge is 0.481 e. The van der Waals surface area contributed by atoms with Crippen LogP contribution >= 0.6 is 58.8 Å². The maximum Gasteiger partial charge on any atom is 0.317 e. The fourth-order valence-electron chi connectivity index (χ4n) is 12.4. The van der Waals surface area contributed by atoms with E-state index in [4.69, 9.17) is 14.2 Å². The smallest absolute Gasteiger partial charge is 0.317 e. The molecule has 0 aliphatic heterocycles. The summed E-state index contributed by atoms with van der Waals surface area (Å²) < 4.78 is 16.9. The molecule has 0 aliphatic carbocycles. The number of carboxylic acids is 9. The first-order chi connectivity index (χ1) is 51.1. The number of carbonyl (C=O) groups is 12. The van der Waals surface area contributed by atoms with Gasteiger partial charge in [-0.25, -0.2) is 0 Å². The molecule has 0 radical (unpaired) electrons. The molecular formula is C77H132O25S5. The number of ether oxygens (including phenoxy) is 3. The van der Waals surface area contributed by atoms with E-state index < -0.39 is 130 Å². The molecule has 0 aliphatic rings. The second-order valence-electron chi connectivity index (χ2n) is 28.1. The third-order valence-corrected chi connectivity index (χ3v) is 26.1. The van der Waals surface area contributed by atoms with Crippen molar-refractivity contribution in [3.63, 3.8) is 0 Å². The number of thioether (sulfide) groups is 5. The van der Waals surface area contributed by atoms with Crippen LogP contribution in [-0.2, 0) is 71.7 Å². The van der Waals surface area contributed by atoms with E-state index in [2.05, 4.69) is 20.8 Å². The highest BCUT2D eigenvalue weighted by Gasteiger charge is 2.32. The standard InChI is InChI=1S/C77H132O25S5/c1-4-7-10-13-14-18-27-34-56(104-62(74(92)93)48-67(81)82)35-28-19-15-22-31-40-71(89)100-53-55(54-101-72(90)41-32-23-16-20-29-38-59(106-64(76(96)97)50-69(85)86)44-43-57(36-25-11-8-5-2)103-61(52-78)47-66(79)80)102-73(91)42-33-24-17-21-30-39-60(107-65(77(98)99)51-70(87)88)46-45-58(37-26-12-9-6-3)105-63(75(94)95)49-68(83)84/h55-65,78H,4-54H2,1-3H3,(H,79,80)(H,81,82)(H,83,84)(H,85,86)(H,87,88)(H,92,93)(H,94,95)(H,96,97)(H,98,99). The van der Waals surface area contributed by atoms with Gasteiger partial charge in [0.25, 0.3) is 0 Å². The Bertz CT molecular complexity index is 2480. The summed E-state index contributed by atoms with van der Waals surface area (Å²) in [5.74, 6) is -12.4. The molecule has 0 bridgehead atoms. The maximum atomic E-state index is 13.4. The van der Waals surface area contributed by atoms with Crippen molar-refractivity contribution in [2.45, 2.75) is 388 Å². The summed E-state index contributed by atoms with van der Waals surface area (Å²) in [5, 5.41) is 90.9. The van der Waals surface area contributed by atoms with Crippen LogP contribution in [0.1, 0.15) is 329 Å². The van der Waals surface area contributed by atoms with E-state index >= 15 is 0 Å². The predicted octanol–water partition coefficient (Wildman–Crippen LogP) is 16.9. The average molecular weight is 1620 g/mol. The molecule has 0 spiro atoms. The van der Waals surface area contributed by atoms with Gasteiger partial charge in [-0.1, -0.05) is 194 Å². The number of aliphatic hydroxyl groups is 1. The zero-order valence-corrected chi connectivity index (χ0v) is 68.1. The predicted molar refractivity (Wildman–Crippen MR) is 422 cm³/mol. The van der Waals surface area contributed by atoms with Gasteiger partial charge in [-0.2, -0.15) is 11.8 Å². The van der Waals surface area contributed by atoms with Gasteiger partial charge in [-0.15, -0.1) is 47.0 Å². The van der Waals surface area contributed by atoms with Crippen molar-refractivity contribution in [2.75, 3.05) is 19.8 Å². The highest BCUT2D eigenvalue weighted by Crippen LogP contribution is 2.37. The Kier molecular flexibility index (Phi) is 64.2. The minimum Gasteiger partial charge on any atom is -0.481 e. The Morgan fingerprint density at radius 2 is 0.486 bits per heavy atom. The van der Waals surface area contributed by atoms with Crippen LogP contribution in [0, 0.1) is 0 Å².